The Morgan fingerprint density at radius 3 is 2.48 bits per heavy atom. The summed E-state index contributed by atoms with van der Waals surface area (Å²) in [7, 11) is 0. The summed E-state index contributed by atoms with van der Waals surface area (Å²) in [5, 5.41) is 11.9. The molecule has 0 fully saturated rings. The lowest BCUT2D eigenvalue weighted by molar-refractivity contribution is -0.138. The summed E-state index contributed by atoms with van der Waals surface area (Å²) < 4.78 is 0.549. The molecule has 0 bridgehead atoms. The third kappa shape index (κ3) is 4.13. The van der Waals surface area contributed by atoms with Crippen molar-refractivity contribution >= 4 is 27.8 Å². The number of aromatic nitrogens is 1. The van der Waals surface area contributed by atoms with Crippen LogP contribution in [0, 0.1) is 0 Å². The molecule has 1 heterocycles. The molecule has 2 rings (SSSR count). The van der Waals surface area contributed by atoms with Crippen LogP contribution in [0.1, 0.15) is 22.0 Å². The Kier molecular flexibility index (Phi) is 5.05. The van der Waals surface area contributed by atoms with Crippen molar-refractivity contribution < 1.29 is 14.7 Å². The van der Waals surface area contributed by atoms with Crippen molar-refractivity contribution in [3.63, 3.8) is 0 Å². The summed E-state index contributed by atoms with van der Waals surface area (Å²) in [5.74, 6) is -2.18. The molecule has 1 aromatic carbocycles. The van der Waals surface area contributed by atoms with E-state index in [-0.39, 0.29) is 12.2 Å². The number of halogens is 1. The van der Waals surface area contributed by atoms with Gasteiger partial charge < -0.3 is 10.4 Å². The fourth-order valence-electron chi connectivity index (χ4n) is 1.85. The number of carbonyl (C=O) groups is 2. The highest BCUT2D eigenvalue weighted by Gasteiger charge is 2.20. The molecule has 0 saturated carbocycles. The minimum Gasteiger partial charge on any atom is -0.481 e. The number of nitrogens with zero attached hydrogens (tertiary/aromatic N) is 1. The number of hydrogen-bond acceptors (Lipinski definition) is 3. The zero-order valence-corrected chi connectivity index (χ0v) is 12.6. The van der Waals surface area contributed by atoms with Crippen molar-refractivity contribution in [1.29, 1.82) is 0 Å². The average molecular weight is 349 g/mol. The van der Waals surface area contributed by atoms with E-state index in [4.69, 9.17) is 0 Å². The summed E-state index contributed by atoms with van der Waals surface area (Å²) in [5.41, 5.74) is 0.883. The normalized spacial score (nSPS) is 11.7. The lowest BCUT2D eigenvalue weighted by atomic mass is 9.99. The van der Waals surface area contributed by atoms with Crippen LogP contribution in [0.4, 0.5) is 0 Å². The van der Waals surface area contributed by atoms with Crippen LogP contribution < -0.4 is 5.32 Å². The largest absolute Gasteiger partial charge is 0.481 e. The smallest absolute Gasteiger partial charge is 0.312 e. The van der Waals surface area contributed by atoms with E-state index < -0.39 is 17.8 Å². The Balaban J connectivity index is 2.06. The van der Waals surface area contributed by atoms with Crippen LogP contribution in [0.15, 0.2) is 53.1 Å². The molecule has 1 aromatic heterocycles. The molecule has 108 valence electrons. The van der Waals surface area contributed by atoms with Gasteiger partial charge in [-0.2, -0.15) is 0 Å². The van der Waals surface area contributed by atoms with E-state index in [1.54, 1.807) is 42.5 Å². The Bertz CT molecular complexity index is 646. The standard InChI is InChI=1S/C15H13BrN2O3/c16-13-8-4-7-12(18-13)14(19)17-9-11(15(20)21)10-5-2-1-3-6-10/h1-8,11H,9H2,(H,17,19)(H,20,21). The first-order valence-electron chi connectivity index (χ1n) is 6.26. The highest BCUT2D eigenvalue weighted by molar-refractivity contribution is 9.10. The molecule has 5 nitrogen and oxygen atoms in total. The maximum atomic E-state index is 12.0. The predicted octanol–water partition coefficient (Wildman–Crippen LogP) is 2.44. The number of rotatable bonds is 5. The molecule has 0 spiro atoms. The Morgan fingerprint density at radius 1 is 1.14 bits per heavy atom. The average Bonchev–Trinajstić information content (AvgIpc) is 2.48. The van der Waals surface area contributed by atoms with E-state index in [1.165, 1.54) is 0 Å². The topological polar surface area (TPSA) is 79.3 Å². The minimum absolute atomic E-state index is 0.00632. The number of pyridine rings is 1. The Morgan fingerprint density at radius 2 is 1.86 bits per heavy atom. The molecule has 2 N–H and O–H groups in total. The fourth-order valence-corrected chi connectivity index (χ4v) is 2.20. The van der Waals surface area contributed by atoms with Crippen molar-refractivity contribution in [2.24, 2.45) is 0 Å². The van der Waals surface area contributed by atoms with Crippen molar-refractivity contribution in [2.75, 3.05) is 6.54 Å². The number of hydrogen-bond donors (Lipinski definition) is 2. The number of carboxylic acids is 1. The van der Waals surface area contributed by atoms with Gasteiger partial charge in [0.05, 0.1) is 5.92 Å². The van der Waals surface area contributed by atoms with Crippen LogP contribution in [-0.4, -0.2) is 28.5 Å². The van der Waals surface area contributed by atoms with E-state index in [0.29, 0.717) is 10.2 Å². The highest BCUT2D eigenvalue weighted by atomic mass is 79.9. The molecular weight excluding hydrogens is 336 g/mol. The Labute approximate surface area is 130 Å². The van der Waals surface area contributed by atoms with Crippen molar-refractivity contribution in [2.45, 2.75) is 5.92 Å². The van der Waals surface area contributed by atoms with Gasteiger partial charge in [-0.15, -0.1) is 0 Å². The molecule has 0 aliphatic heterocycles. The molecule has 1 atom stereocenters. The van der Waals surface area contributed by atoms with E-state index in [9.17, 15) is 14.7 Å². The summed E-state index contributed by atoms with van der Waals surface area (Å²) in [6.45, 7) is 0.00632. The zero-order chi connectivity index (χ0) is 15.2. The minimum atomic E-state index is -0.983. The zero-order valence-electron chi connectivity index (χ0n) is 11.0. The van der Waals surface area contributed by atoms with Crippen molar-refractivity contribution in [1.82, 2.24) is 10.3 Å². The maximum absolute atomic E-state index is 12.0. The SMILES string of the molecule is O=C(NCC(C(=O)O)c1ccccc1)c1cccc(Br)n1. The van der Waals surface area contributed by atoms with Gasteiger partial charge in [-0.3, -0.25) is 9.59 Å². The van der Waals surface area contributed by atoms with E-state index >= 15 is 0 Å². The van der Waals surface area contributed by atoms with Gasteiger partial charge >= 0.3 is 5.97 Å². The van der Waals surface area contributed by atoms with E-state index in [0.717, 1.165) is 0 Å². The van der Waals surface area contributed by atoms with Crippen molar-refractivity contribution in [3.8, 4) is 0 Å². The molecule has 0 aliphatic carbocycles. The Hall–Kier alpha value is -2.21. The summed E-state index contributed by atoms with van der Waals surface area (Å²) in [6.07, 6.45) is 0. The van der Waals surface area contributed by atoms with Gasteiger partial charge in [-0.1, -0.05) is 36.4 Å². The number of benzene rings is 1. The maximum Gasteiger partial charge on any atom is 0.312 e. The first kappa shape index (κ1) is 15.2. The molecular formula is C15H13BrN2O3. The quantitative estimate of drug-likeness (QED) is 0.813. The second kappa shape index (κ2) is 6.99. The van der Waals surface area contributed by atoms with Gasteiger partial charge in [0.25, 0.3) is 5.91 Å². The van der Waals surface area contributed by atoms with Crippen LogP contribution >= 0.6 is 15.9 Å². The lowest BCUT2D eigenvalue weighted by Crippen LogP contribution is -2.32. The molecule has 2 aromatic rings. The first-order chi connectivity index (χ1) is 10.1. The van der Waals surface area contributed by atoms with Crippen molar-refractivity contribution in [3.05, 3.63) is 64.4 Å². The van der Waals surface area contributed by atoms with Crippen LogP contribution in [0.25, 0.3) is 0 Å². The molecule has 1 amide bonds. The molecule has 1 unspecified atom stereocenters. The molecule has 6 heteroatoms. The second-order valence-corrected chi connectivity index (χ2v) is 5.17. The van der Waals surface area contributed by atoms with Crippen LogP contribution in [0.3, 0.4) is 0 Å². The fraction of sp³-hybridized carbons (Fsp3) is 0.133. The summed E-state index contributed by atoms with van der Waals surface area (Å²) in [4.78, 5) is 27.3. The number of aliphatic carboxylic acids is 1. The molecule has 0 saturated heterocycles. The lowest BCUT2D eigenvalue weighted by Gasteiger charge is -2.13. The first-order valence-corrected chi connectivity index (χ1v) is 7.05. The number of carboxylic acid groups (broad SMARTS) is 1. The van der Waals surface area contributed by atoms with Gasteiger partial charge in [-0.25, -0.2) is 4.98 Å². The van der Waals surface area contributed by atoms with Gasteiger partial charge in [-0.05, 0) is 33.6 Å². The van der Waals surface area contributed by atoms with Crippen LogP contribution in [0.5, 0.6) is 0 Å². The van der Waals surface area contributed by atoms with Gasteiger partial charge in [0.2, 0.25) is 0 Å². The number of amides is 1. The third-order valence-corrected chi connectivity index (χ3v) is 3.36. The highest BCUT2D eigenvalue weighted by Crippen LogP contribution is 2.15. The molecule has 0 radical (unpaired) electrons. The van der Waals surface area contributed by atoms with Crippen LogP contribution in [-0.2, 0) is 4.79 Å². The third-order valence-electron chi connectivity index (χ3n) is 2.91. The summed E-state index contributed by atoms with van der Waals surface area (Å²) in [6, 6.07) is 13.8. The molecule has 21 heavy (non-hydrogen) atoms. The number of carbonyl (C=O) groups excluding carboxylic acids is 1. The van der Waals surface area contributed by atoms with E-state index in [1.807, 2.05) is 6.07 Å². The van der Waals surface area contributed by atoms with E-state index in [2.05, 4.69) is 26.2 Å². The predicted molar refractivity (Wildman–Crippen MR) is 81.1 cm³/mol. The summed E-state index contributed by atoms with van der Waals surface area (Å²) >= 11 is 3.19. The monoisotopic (exact) mass is 348 g/mol. The second-order valence-electron chi connectivity index (χ2n) is 4.36. The van der Waals surface area contributed by atoms with Crippen LogP contribution in [0.2, 0.25) is 0 Å². The van der Waals surface area contributed by atoms with Gasteiger partial charge in [0, 0.05) is 6.54 Å². The van der Waals surface area contributed by atoms with Gasteiger partial charge in [0.1, 0.15) is 10.3 Å². The number of nitrogens with one attached hydrogen (secondary N) is 1. The molecule has 0 aliphatic rings. The van der Waals surface area contributed by atoms with Gasteiger partial charge in [0.15, 0.2) is 0 Å².